The Bertz CT molecular complexity index is 1230. The van der Waals surface area contributed by atoms with Crippen LogP contribution in [0, 0.1) is 11.7 Å². The van der Waals surface area contributed by atoms with Crippen LogP contribution in [0.1, 0.15) is 29.8 Å². The average molecular weight is 452 g/mol. The van der Waals surface area contributed by atoms with E-state index in [-0.39, 0.29) is 17.3 Å². The highest BCUT2D eigenvalue weighted by Gasteiger charge is 2.59. The van der Waals surface area contributed by atoms with E-state index in [9.17, 15) is 9.18 Å². The quantitative estimate of drug-likeness (QED) is 0.638. The van der Waals surface area contributed by atoms with E-state index in [0.29, 0.717) is 49.5 Å². The van der Waals surface area contributed by atoms with Crippen LogP contribution in [-0.4, -0.2) is 70.7 Å². The molecule has 0 radical (unpaired) electrons. The summed E-state index contributed by atoms with van der Waals surface area (Å²) in [7, 11) is 3.51. The first-order valence-corrected chi connectivity index (χ1v) is 11.3. The van der Waals surface area contributed by atoms with Crippen LogP contribution in [0.25, 0.3) is 11.0 Å². The van der Waals surface area contributed by atoms with Crippen LogP contribution < -0.4 is 10.2 Å². The van der Waals surface area contributed by atoms with Gasteiger partial charge in [-0.1, -0.05) is 0 Å². The Morgan fingerprint density at radius 1 is 1.18 bits per heavy atom. The molecule has 2 bridgehead atoms. The molecule has 172 valence electrons. The summed E-state index contributed by atoms with van der Waals surface area (Å²) in [5.41, 5.74) is 1.80. The van der Waals surface area contributed by atoms with Crippen molar-refractivity contribution in [2.45, 2.75) is 24.8 Å². The third-order valence-corrected chi connectivity index (χ3v) is 7.07. The van der Waals surface area contributed by atoms with Crippen molar-refractivity contribution in [2.75, 3.05) is 50.6 Å². The Labute approximate surface area is 190 Å². The van der Waals surface area contributed by atoms with Gasteiger partial charge in [-0.3, -0.25) is 4.79 Å². The van der Waals surface area contributed by atoms with Gasteiger partial charge in [0.2, 0.25) is 5.95 Å². The number of carbonyl (C=O) groups is 1. The number of hydrogen-bond donors (Lipinski definition) is 1. The molecule has 3 aromatic rings. The summed E-state index contributed by atoms with van der Waals surface area (Å²) in [5, 5.41) is 3.85. The van der Waals surface area contributed by atoms with Crippen LogP contribution in [0.3, 0.4) is 0 Å². The highest BCUT2D eigenvalue weighted by atomic mass is 19.1. The first-order valence-electron chi connectivity index (χ1n) is 11.3. The molecule has 9 nitrogen and oxygen atoms in total. The Morgan fingerprint density at radius 3 is 2.58 bits per heavy atom. The molecular weight excluding hydrogens is 425 g/mol. The summed E-state index contributed by atoms with van der Waals surface area (Å²) in [6, 6.07) is 3.23. The van der Waals surface area contributed by atoms with Gasteiger partial charge in [0, 0.05) is 50.4 Å². The maximum absolute atomic E-state index is 14.8. The van der Waals surface area contributed by atoms with E-state index < -0.39 is 0 Å². The van der Waals surface area contributed by atoms with Crippen LogP contribution in [0.5, 0.6) is 0 Å². The summed E-state index contributed by atoms with van der Waals surface area (Å²) in [4.78, 5) is 29.9. The smallest absolute Gasteiger partial charge is 0.270 e. The van der Waals surface area contributed by atoms with Crippen molar-refractivity contribution < 1.29 is 13.9 Å². The summed E-state index contributed by atoms with van der Waals surface area (Å²) < 4.78 is 22.2. The van der Waals surface area contributed by atoms with Crippen molar-refractivity contribution in [3.05, 3.63) is 36.0 Å². The molecule has 0 spiro atoms. The van der Waals surface area contributed by atoms with Gasteiger partial charge in [0.15, 0.2) is 5.82 Å². The monoisotopic (exact) mass is 451 g/mol. The fourth-order valence-corrected chi connectivity index (χ4v) is 5.27. The highest BCUT2D eigenvalue weighted by Crippen LogP contribution is 2.63. The van der Waals surface area contributed by atoms with Gasteiger partial charge >= 0.3 is 0 Å². The summed E-state index contributed by atoms with van der Waals surface area (Å²) >= 11 is 0. The molecule has 1 N–H and O–H groups in total. The molecule has 3 saturated carbocycles. The standard InChI is InChI=1S/C23H26FN7O2/c1-29(2)21(32)17-7-15-12-26-22(28-20(15)31(17)23-9-14(10-23)11-23)27-19-8-16(24)18(13-25-19)30-3-5-33-6-4-30/h7-8,12-14H,3-6,9-11H2,1-2H3,(H,25,26,27,28). The second-order valence-electron chi connectivity index (χ2n) is 9.49. The van der Waals surface area contributed by atoms with Crippen molar-refractivity contribution in [1.29, 1.82) is 0 Å². The van der Waals surface area contributed by atoms with E-state index in [2.05, 4.69) is 19.9 Å². The van der Waals surface area contributed by atoms with E-state index >= 15 is 0 Å². The summed E-state index contributed by atoms with van der Waals surface area (Å²) in [6.45, 7) is 2.43. The predicted molar refractivity (Wildman–Crippen MR) is 121 cm³/mol. The summed E-state index contributed by atoms with van der Waals surface area (Å²) in [5.74, 6) is 1.00. The topological polar surface area (TPSA) is 88.4 Å². The van der Waals surface area contributed by atoms with Gasteiger partial charge in [-0.2, -0.15) is 4.98 Å². The average Bonchev–Trinajstić information content (AvgIpc) is 3.10. The van der Waals surface area contributed by atoms with Gasteiger partial charge < -0.3 is 24.4 Å². The van der Waals surface area contributed by atoms with E-state index in [1.165, 1.54) is 12.3 Å². The number of pyridine rings is 1. The lowest BCUT2D eigenvalue weighted by Crippen LogP contribution is -2.60. The molecule has 7 rings (SSSR count). The molecule has 1 saturated heterocycles. The first kappa shape index (κ1) is 20.3. The molecule has 1 amide bonds. The van der Waals surface area contributed by atoms with Crippen molar-refractivity contribution >= 4 is 34.4 Å². The SMILES string of the molecule is CN(C)C(=O)c1cc2cnc(Nc3cc(F)c(N4CCOCC4)cn3)nc2n1C12CC(C1)C2. The molecule has 10 heteroatoms. The molecule has 4 aliphatic rings. The van der Waals surface area contributed by atoms with Crippen LogP contribution in [0.15, 0.2) is 24.5 Å². The minimum Gasteiger partial charge on any atom is -0.378 e. The highest BCUT2D eigenvalue weighted by molar-refractivity contribution is 5.98. The van der Waals surface area contributed by atoms with Gasteiger partial charge in [0.1, 0.15) is 17.2 Å². The molecule has 4 fully saturated rings. The van der Waals surface area contributed by atoms with Crippen molar-refractivity contribution in [3.63, 3.8) is 0 Å². The van der Waals surface area contributed by atoms with Gasteiger partial charge in [0.25, 0.3) is 5.91 Å². The minimum atomic E-state index is -0.355. The minimum absolute atomic E-state index is 0.0246. The number of rotatable bonds is 5. The van der Waals surface area contributed by atoms with Crippen LogP contribution in [0.2, 0.25) is 0 Å². The molecular formula is C23H26FN7O2. The van der Waals surface area contributed by atoms with E-state index in [4.69, 9.17) is 9.72 Å². The van der Waals surface area contributed by atoms with Gasteiger partial charge in [0.05, 0.1) is 25.1 Å². The molecule has 1 aliphatic heterocycles. The third-order valence-electron chi connectivity index (χ3n) is 7.07. The third kappa shape index (κ3) is 3.23. The lowest BCUT2D eigenvalue weighted by atomic mass is 9.49. The van der Waals surface area contributed by atoms with Crippen LogP contribution in [-0.2, 0) is 10.3 Å². The number of fused-ring (bicyclic) bond motifs is 1. The van der Waals surface area contributed by atoms with Gasteiger partial charge in [-0.25, -0.2) is 14.4 Å². The lowest BCUT2D eigenvalue weighted by molar-refractivity contribution is -0.0870. The molecule has 33 heavy (non-hydrogen) atoms. The number of carbonyl (C=O) groups excluding carboxylic acids is 1. The number of amides is 1. The number of anilines is 3. The van der Waals surface area contributed by atoms with E-state index in [1.807, 2.05) is 11.0 Å². The van der Waals surface area contributed by atoms with Crippen molar-refractivity contribution in [1.82, 2.24) is 24.4 Å². The predicted octanol–water partition coefficient (Wildman–Crippen LogP) is 2.76. The normalized spacial score (nSPS) is 23.7. The molecule has 0 aromatic carbocycles. The molecule has 3 aromatic heterocycles. The fourth-order valence-electron chi connectivity index (χ4n) is 5.27. The number of nitrogens with one attached hydrogen (secondary N) is 1. The molecule has 0 atom stereocenters. The van der Waals surface area contributed by atoms with Crippen LogP contribution in [0.4, 0.5) is 21.8 Å². The molecule has 4 heterocycles. The van der Waals surface area contributed by atoms with Crippen LogP contribution >= 0.6 is 0 Å². The number of morpholine rings is 1. The maximum Gasteiger partial charge on any atom is 0.270 e. The zero-order chi connectivity index (χ0) is 22.7. The number of nitrogens with zero attached hydrogens (tertiary/aromatic N) is 6. The largest absolute Gasteiger partial charge is 0.378 e. The Hall–Kier alpha value is -3.27. The van der Waals surface area contributed by atoms with E-state index in [1.54, 1.807) is 25.2 Å². The van der Waals surface area contributed by atoms with Crippen molar-refractivity contribution in [2.24, 2.45) is 5.92 Å². The number of aromatic nitrogens is 4. The first-order chi connectivity index (χ1) is 15.9. The lowest BCUT2D eigenvalue weighted by Gasteiger charge is -2.62. The van der Waals surface area contributed by atoms with Gasteiger partial charge in [-0.05, 0) is 31.2 Å². The number of halogens is 1. The Balaban J connectivity index is 1.33. The second-order valence-corrected chi connectivity index (χ2v) is 9.49. The molecule has 3 aliphatic carbocycles. The zero-order valence-corrected chi connectivity index (χ0v) is 18.7. The van der Waals surface area contributed by atoms with Crippen molar-refractivity contribution in [3.8, 4) is 0 Å². The second kappa shape index (κ2) is 7.38. The number of hydrogen-bond acceptors (Lipinski definition) is 7. The Morgan fingerprint density at radius 2 is 1.94 bits per heavy atom. The van der Waals surface area contributed by atoms with Gasteiger partial charge in [-0.15, -0.1) is 0 Å². The summed E-state index contributed by atoms with van der Waals surface area (Å²) in [6.07, 6.45) is 6.46. The zero-order valence-electron chi connectivity index (χ0n) is 18.7. The number of ether oxygens (including phenoxy) is 1. The fraction of sp³-hybridized carbons (Fsp3) is 0.478. The maximum atomic E-state index is 14.8. The molecule has 0 unspecified atom stereocenters. The van der Waals surface area contributed by atoms with E-state index in [0.717, 1.165) is 36.2 Å². The Kier molecular flexibility index (Phi) is 4.55.